The van der Waals surface area contributed by atoms with Crippen LogP contribution in [0.4, 0.5) is 10.5 Å². The van der Waals surface area contributed by atoms with E-state index < -0.39 is 0 Å². The Morgan fingerprint density at radius 3 is 3.10 bits per heavy atom. The van der Waals surface area contributed by atoms with Crippen LogP contribution in [-0.4, -0.2) is 41.0 Å². The predicted octanol–water partition coefficient (Wildman–Crippen LogP) is 1.91. The van der Waals surface area contributed by atoms with E-state index in [-0.39, 0.29) is 18.0 Å². The minimum Gasteiger partial charge on any atom is -0.361 e. The predicted molar refractivity (Wildman–Crippen MR) is 81.1 cm³/mol. The van der Waals surface area contributed by atoms with Crippen molar-refractivity contribution in [1.82, 2.24) is 15.2 Å². The zero-order chi connectivity index (χ0) is 14.8. The monoisotopic (exact) mass is 286 g/mol. The number of rotatable bonds is 1. The molecule has 1 atom stereocenters. The molecule has 0 saturated carbocycles. The van der Waals surface area contributed by atoms with Gasteiger partial charge < -0.3 is 20.5 Å². The van der Waals surface area contributed by atoms with Gasteiger partial charge in [-0.15, -0.1) is 0 Å². The minimum atomic E-state index is -0.172. The summed E-state index contributed by atoms with van der Waals surface area (Å²) in [6.45, 7) is 2.86. The van der Waals surface area contributed by atoms with Gasteiger partial charge in [-0.2, -0.15) is 0 Å². The third kappa shape index (κ3) is 2.84. The number of hydrogen-bond donors (Lipinski definition) is 3. The molecule has 1 aliphatic heterocycles. The van der Waals surface area contributed by atoms with Crippen molar-refractivity contribution in [3.8, 4) is 0 Å². The molecule has 0 bridgehead atoms. The molecule has 1 saturated heterocycles. The van der Waals surface area contributed by atoms with Crippen molar-refractivity contribution in [2.75, 3.05) is 18.4 Å². The van der Waals surface area contributed by atoms with Gasteiger partial charge in [0, 0.05) is 48.3 Å². The second-order valence-electron chi connectivity index (χ2n) is 5.31. The quantitative estimate of drug-likeness (QED) is 0.749. The minimum absolute atomic E-state index is 0.00843. The number of aromatic nitrogens is 1. The van der Waals surface area contributed by atoms with Crippen LogP contribution in [0.2, 0.25) is 0 Å². The van der Waals surface area contributed by atoms with Crippen molar-refractivity contribution in [3.63, 3.8) is 0 Å². The van der Waals surface area contributed by atoms with Crippen LogP contribution in [0.1, 0.15) is 13.3 Å². The Balaban J connectivity index is 1.73. The SMILES string of the molecule is C[C@H]1CNC(=O)CCN1C(=O)Nc1ccc2[nH]ccc2c1. The molecule has 1 aromatic heterocycles. The average molecular weight is 286 g/mol. The molecule has 0 radical (unpaired) electrons. The number of aromatic amines is 1. The Kier molecular flexibility index (Phi) is 3.51. The zero-order valence-electron chi connectivity index (χ0n) is 11.8. The summed E-state index contributed by atoms with van der Waals surface area (Å²) in [5, 5.41) is 6.75. The van der Waals surface area contributed by atoms with Crippen LogP contribution in [-0.2, 0) is 4.79 Å². The number of amides is 3. The summed E-state index contributed by atoms with van der Waals surface area (Å²) in [6, 6.07) is 7.49. The Labute approximate surface area is 122 Å². The Hall–Kier alpha value is -2.50. The Morgan fingerprint density at radius 2 is 2.24 bits per heavy atom. The van der Waals surface area contributed by atoms with Crippen molar-refractivity contribution in [3.05, 3.63) is 30.5 Å². The van der Waals surface area contributed by atoms with Gasteiger partial charge in [0.05, 0.1) is 0 Å². The summed E-state index contributed by atoms with van der Waals surface area (Å²) in [6.07, 6.45) is 2.21. The molecular formula is C15H18N4O2. The summed E-state index contributed by atoms with van der Waals surface area (Å²) in [5.74, 6) is -0.00843. The second-order valence-corrected chi connectivity index (χ2v) is 5.31. The van der Waals surface area contributed by atoms with Crippen molar-refractivity contribution < 1.29 is 9.59 Å². The Bertz CT molecular complexity index is 679. The van der Waals surface area contributed by atoms with Gasteiger partial charge in [-0.1, -0.05) is 0 Å². The van der Waals surface area contributed by atoms with Crippen LogP contribution >= 0.6 is 0 Å². The summed E-state index contributed by atoms with van der Waals surface area (Å²) in [7, 11) is 0. The Morgan fingerprint density at radius 1 is 1.38 bits per heavy atom. The molecule has 0 spiro atoms. The first-order chi connectivity index (χ1) is 10.1. The molecule has 110 valence electrons. The first kappa shape index (κ1) is 13.5. The summed E-state index contributed by atoms with van der Waals surface area (Å²) >= 11 is 0. The van der Waals surface area contributed by atoms with E-state index in [0.717, 1.165) is 16.6 Å². The van der Waals surface area contributed by atoms with E-state index in [0.29, 0.717) is 19.5 Å². The van der Waals surface area contributed by atoms with Gasteiger partial charge in [0.15, 0.2) is 0 Å². The van der Waals surface area contributed by atoms with E-state index in [1.807, 2.05) is 37.4 Å². The molecule has 1 fully saturated rings. The molecule has 6 nitrogen and oxygen atoms in total. The van der Waals surface area contributed by atoms with Gasteiger partial charge in [0.25, 0.3) is 0 Å². The fourth-order valence-electron chi connectivity index (χ4n) is 2.53. The van der Waals surface area contributed by atoms with Crippen LogP contribution < -0.4 is 10.6 Å². The number of hydrogen-bond acceptors (Lipinski definition) is 2. The van der Waals surface area contributed by atoms with E-state index >= 15 is 0 Å². The topological polar surface area (TPSA) is 77.2 Å². The van der Waals surface area contributed by atoms with Crippen molar-refractivity contribution in [1.29, 1.82) is 0 Å². The van der Waals surface area contributed by atoms with Crippen LogP contribution in [0.3, 0.4) is 0 Å². The molecule has 21 heavy (non-hydrogen) atoms. The maximum atomic E-state index is 12.4. The van der Waals surface area contributed by atoms with Gasteiger partial charge in [0.1, 0.15) is 0 Å². The summed E-state index contributed by atoms with van der Waals surface area (Å²) in [5.41, 5.74) is 1.79. The molecule has 3 rings (SSSR count). The van der Waals surface area contributed by atoms with E-state index in [1.54, 1.807) is 4.90 Å². The highest BCUT2D eigenvalue weighted by molar-refractivity contribution is 5.93. The lowest BCUT2D eigenvalue weighted by atomic mass is 10.2. The maximum absolute atomic E-state index is 12.4. The molecule has 3 N–H and O–H groups in total. The van der Waals surface area contributed by atoms with E-state index in [9.17, 15) is 9.59 Å². The number of nitrogens with one attached hydrogen (secondary N) is 3. The number of fused-ring (bicyclic) bond motifs is 1. The summed E-state index contributed by atoms with van der Waals surface area (Å²) < 4.78 is 0. The van der Waals surface area contributed by atoms with Gasteiger partial charge in [-0.05, 0) is 31.2 Å². The van der Waals surface area contributed by atoms with Gasteiger partial charge >= 0.3 is 6.03 Å². The van der Waals surface area contributed by atoms with Gasteiger partial charge in [-0.25, -0.2) is 4.79 Å². The van der Waals surface area contributed by atoms with Crippen LogP contribution in [0.15, 0.2) is 30.5 Å². The lowest BCUT2D eigenvalue weighted by Crippen LogP contribution is -2.44. The lowest BCUT2D eigenvalue weighted by molar-refractivity contribution is -0.120. The smallest absolute Gasteiger partial charge is 0.322 e. The molecule has 2 aromatic rings. The van der Waals surface area contributed by atoms with E-state index in [1.165, 1.54) is 0 Å². The molecule has 6 heteroatoms. The van der Waals surface area contributed by atoms with Gasteiger partial charge in [0.2, 0.25) is 5.91 Å². The zero-order valence-corrected chi connectivity index (χ0v) is 11.8. The number of carbonyl (C=O) groups excluding carboxylic acids is 2. The van der Waals surface area contributed by atoms with Crippen molar-refractivity contribution >= 4 is 28.5 Å². The molecule has 3 amide bonds. The molecule has 1 aliphatic rings. The third-order valence-electron chi connectivity index (χ3n) is 3.77. The molecule has 0 unspecified atom stereocenters. The van der Waals surface area contributed by atoms with Gasteiger partial charge in [-0.3, -0.25) is 4.79 Å². The third-order valence-corrected chi connectivity index (χ3v) is 3.77. The average Bonchev–Trinajstić information content (AvgIpc) is 2.85. The van der Waals surface area contributed by atoms with E-state index in [2.05, 4.69) is 15.6 Å². The first-order valence-electron chi connectivity index (χ1n) is 7.05. The largest absolute Gasteiger partial charge is 0.361 e. The maximum Gasteiger partial charge on any atom is 0.322 e. The molecular weight excluding hydrogens is 268 g/mol. The number of anilines is 1. The van der Waals surface area contributed by atoms with Crippen molar-refractivity contribution in [2.45, 2.75) is 19.4 Å². The van der Waals surface area contributed by atoms with Crippen LogP contribution in [0.5, 0.6) is 0 Å². The number of nitrogens with zero attached hydrogens (tertiary/aromatic N) is 1. The highest BCUT2D eigenvalue weighted by atomic mass is 16.2. The standard InChI is InChI=1S/C15H18N4O2/c1-10-9-17-14(20)5-7-19(10)15(21)18-12-2-3-13-11(8-12)4-6-16-13/h2-4,6,8,10,16H,5,7,9H2,1H3,(H,17,20)(H,18,21)/t10-/m0/s1. The normalized spacial score (nSPS) is 19.2. The lowest BCUT2D eigenvalue weighted by Gasteiger charge is -2.26. The fraction of sp³-hybridized carbons (Fsp3) is 0.333. The molecule has 0 aliphatic carbocycles. The highest BCUT2D eigenvalue weighted by Crippen LogP contribution is 2.18. The number of urea groups is 1. The number of benzene rings is 1. The molecule has 1 aromatic carbocycles. The highest BCUT2D eigenvalue weighted by Gasteiger charge is 2.24. The van der Waals surface area contributed by atoms with Crippen LogP contribution in [0, 0.1) is 0 Å². The summed E-state index contributed by atoms with van der Waals surface area (Å²) in [4.78, 5) is 28.6. The molecule has 2 heterocycles. The van der Waals surface area contributed by atoms with E-state index in [4.69, 9.17) is 0 Å². The first-order valence-corrected chi connectivity index (χ1v) is 7.05. The van der Waals surface area contributed by atoms with Crippen LogP contribution in [0.25, 0.3) is 10.9 Å². The fourth-order valence-corrected chi connectivity index (χ4v) is 2.53. The van der Waals surface area contributed by atoms with Crippen molar-refractivity contribution in [2.24, 2.45) is 0 Å². The second kappa shape index (κ2) is 5.47. The number of carbonyl (C=O) groups is 2. The number of H-pyrrole nitrogens is 1.